The maximum absolute atomic E-state index is 13.3. The molecule has 2 unspecified atom stereocenters. The lowest BCUT2D eigenvalue weighted by atomic mass is 9.96. The van der Waals surface area contributed by atoms with Crippen molar-refractivity contribution in [2.45, 2.75) is 38.4 Å². The molecule has 0 bridgehead atoms. The van der Waals surface area contributed by atoms with Crippen molar-refractivity contribution in [2.75, 3.05) is 13.7 Å². The number of likely N-dealkylation sites (tertiary alicyclic amines) is 1. The molecule has 124 valence electrons. The van der Waals surface area contributed by atoms with Gasteiger partial charge in [-0.05, 0) is 31.9 Å². The van der Waals surface area contributed by atoms with Gasteiger partial charge in [0, 0.05) is 18.0 Å². The van der Waals surface area contributed by atoms with E-state index in [9.17, 15) is 9.18 Å². The number of nitrogens with zero attached hydrogens (tertiary/aromatic N) is 2. The minimum Gasteiger partial charge on any atom is -0.453 e. The SMILES string of the molecule is COC(=O)NC(C)N1CCCCC1c1noc2cc(F)ccc12. The van der Waals surface area contributed by atoms with Crippen LogP contribution < -0.4 is 5.32 Å². The van der Waals surface area contributed by atoms with Crippen LogP contribution in [0.25, 0.3) is 11.0 Å². The highest BCUT2D eigenvalue weighted by Gasteiger charge is 2.32. The lowest BCUT2D eigenvalue weighted by Crippen LogP contribution is -2.49. The molecule has 1 aliphatic heterocycles. The Morgan fingerprint density at radius 3 is 3.13 bits per heavy atom. The predicted molar refractivity (Wildman–Crippen MR) is 82.3 cm³/mol. The van der Waals surface area contributed by atoms with E-state index in [1.54, 1.807) is 6.07 Å². The third-order valence-corrected chi connectivity index (χ3v) is 4.33. The molecule has 2 heterocycles. The summed E-state index contributed by atoms with van der Waals surface area (Å²) in [4.78, 5) is 13.6. The number of alkyl carbamates (subject to hydrolysis) is 1. The fraction of sp³-hybridized carbons (Fsp3) is 0.500. The number of amides is 1. The second-order valence-electron chi connectivity index (χ2n) is 5.77. The molecule has 1 aromatic carbocycles. The van der Waals surface area contributed by atoms with Gasteiger partial charge in [-0.15, -0.1) is 0 Å². The first-order chi connectivity index (χ1) is 11.1. The van der Waals surface area contributed by atoms with E-state index >= 15 is 0 Å². The van der Waals surface area contributed by atoms with E-state index in [4.69, 9.17) is 4.52 Å². The molecule has 7 heteroatoms. The van der Waals surface area contributed by atoms with E-state index in [-0.39, 0.29) is 18.0 Å². The molecule has 1 aromatic heterocycles. The number of benzene rings is 1. The average molecular weight is 321 g/mol. The molecule has 6 nitrogen and oxygen atoms in total. The van der Waals surface area contributed by atoms with E-state index in [1.165, 1.54) is 19.2 Å². The Kier molecular flexibility index (Phi) is 4.47. The number of halogens is 1. The molecule has 2 atom stereocenters. The van der Waals surface area contributed by atoms with Crippen molar-refractivity contribution in [1.82, 2.24) is 15.4 Å². The van der Waals surface area contributed by atoms with Crippen LogP contribution >= 0.6 is 0 Å². The topological polar surface area (TPSA) is 67.6 Å². The molecule has 3 rings (SSSR count). The van der Waals surface area contributed by atoms with Crippen molar-refractivity contribution < 1.29 is 18.4 Å². The van der Waals surface area contributed by atoms with Gasteiger partial charge in [0.25, 0.3) is 0 Å². The largest absolute Gasteiger partial charge is 0.453 e. The maximum atomic E-state index is 13.3. The first kappa shape index (κ1) is 15.7. The Balaban J connectivity index is 1.89. The highest BCUT2D eigenvalue weighted by Crippen LogP contribution is 2.35. The first-order valence-electron chi connectivity index (χ1n) is 7.75. The molecule has 1 amide bonds. The predicted octanol–water partition coefficient (Wildman–Crippen LogP) is 3.20. The van der Waals surface area contributed by atoms with Gasteiger partial charge in [0.05, 0.1) is 19.3 Å². The molecule has 23 heavy (non-hydrogen) atoms. The van der Waals surface area contributed by atoms with Crippen LogP contribution in [0.15, 0.2) is 22.7 Å². The van der Waals surface area contributed by atoms with Gasteiger partial charge in [-0.25, -0.2) is 9.18 Å². The van der Waals surface area contributed by atoms with Gasteiger partial charge in [0.2, 0.25) is 0 Å². The lowest BCUT2D eigenvalue weighted by molar-refractivity contribution is 0.0754. The molecule has 0 aliphatic carbocycles. The highest BCUT2D eigenvalue weighted by atomic mass is 19.1. The fourth-order valence-corrected chi connectivity index (χ4v) is 3.19. The van der Waals surface area contributed by atoms with Gasteiger partial charge in [0.1, 0.15) is 11.5 Å². The van der Waals surface area contributed by atoms with Crippen LogP contribution in [0.2, 0.25) is 0 Å². The molecule has 0 radical (unpaired) electrons. The summed E-state index contributed by atoms with van der Waals surface area (Å²) in [6.07, 6.45) is 2.37. The summed E-state index contributed by atoms with van der Waals surface area (Å²) < 4.78 is 23.3. The quantitative estimate of drug-likeness (QED) is 0.940. The third-order valence-electron chi connectivity index (χ3n) is 4.33. The Hall–Kier alpha value is -2.15. The van der Waals surface area contributed by atoms with Crippen LogP contribution in [-0.2, 0) is 4.74 Å². The zero-order chi connectivity index (χ0) is 16.4. The molecule has 0 saturated carbocycles. The van der Waals surface area contributed by atoms with Gasteiger partial charge in [0.15, 0.2) is 5.58 Å². The third kappa shape index (κ3) is 3.14. The highest BCUT2D eigenvalue weighted by molar-refractivity contribution is 5.79. The molecule has 1 N–H and O–H groups in total. The summed E-state index contributed by atoms with van der Waals surface area (Å²) in [7, 11) is 1.34. The number of carbonyl (C=O) groups is 1. The minimum atomic E-state index is -0.464. The van der Waals surface area contributed by atoms with E-state index in [0.717, 1.165) is 36.9 Å². The van der Waals surface area contributed by atoms with Crippen molar-refractivity contribution in [3.05, 3.63) is 29.7 Å². The molecule has 1 fully saturated rings. The standard InChI is InChI=1S/C16H20FN3O3/c1-10(18-16(21)22-2)20-8-4-3-5-13(20)15-12-7-6-11(17)9-14(12)23-19-15/h6-7,9-10,13H,3-5,8H2,1-2H3,(H,18,21). The summed E-state index contributed by atoms with van der Waals surface area (Å²) in [5.74, 6) is -0.346. The van der Waals surface area contributed by atoms with E-state index < -0.39 is 6.09 Å². The van der Waals surface area contributed by atoms with Crippen molar-refractivity contribution in [2.24, 2.45) is 0 Å². The van der Waals surface area contributed by atoms with Gasteiger partial charge < -0.3 is 14.6 Å². The summed E-state index contributed by atoms with van der Waals surface area (Å²) in [5, 5.41) is 7.77. The van der Waals surface area contributed by atoms with Crippen molar-refractivity contribution in [3.8, 4) is 0 Å². The zero-order valence-corrected chi connectivity index (χ0v) is 13.2. The van der Waals surface area contributed by atoms with Crippen molar-refractivity contribution in [3.63, 3.8) is 0 Å². The smallest absolute Gasteiger partial charge is 0.408 e. The molecule has 0 spiro atoms. The second-order valence-corrected chi connectivity index (χ2v) is 5.77. The van der Waals surface area contributed by atoms with E-state index in [1.807, 2.05) is 6.92 Å². The van der Waals surface area contributed by atoms with E-state index in [2.05, 4.69) is 20.1 Å². The van der Waals surface area contributed by atoms with Crippen LogP contribution in [-0.4, -0.2) is 36.0 Å². The van der Waals surface area contributed by atoms with Gasteiger partial charge in [-0.3, -0.25) is 4.90 Å². The number of hydrogen-bond donors (Lipinski definition) is 1. The van der Waals surface area contributed by atoms with Crippen molar-refractivity contribution >= 4 is 17.1 Å². The number of nitrogens with one attached hydrogen (secondary N) is 1. The summed E-state index contributed by atoms with van der Waals surface area (Å²) >= 11 is 0. The number of hydrogen-bond acceptors (Lipinski definition) is 5. The zero-order valence-electron chi connectivity index (χ0n) is 13.2. The number of fused-ring (bicyclic) bond motifs is 1. The van der Waals surface area contributed by atoms with Crippen LogP contribution in [0.4, 0.5) is 9.18 Å². The Labute approximate surface area is 133 Å². The molecule has 1 aliphatic rings. The van der Waals surface area contributed by atoms with Crippen molar-refractivity contribution in [1.29, 1.82) is 0 Å². The fourth-order valence-electron chi connectivity index (χ4n) is 3.19. The normalized spacial score (nSPS) is 20.4. The second kappa shape index (κ2) is 6.54. The van der Waals surface area contributed by atoms with Crippen LogP contribution in [0.3, 0.4) is 0 Å². The maximum Gasteiger partial charge on any atom is 0.408 e. The number of ether oxygens (including phenoxy) is 1. The Morgan fingerprint density at radius 2 is 2.35 bits per heavy atom. The van der Waals surface area contributed by atoms with Gasteiger partial charge in [-0.2, -0.15) is 0 Å². The number of carbonyl (C=O) groups excluding carboxylic acids is 1. The molecular weight excluding hydrogens is 301 g/mol. The summed E-state index contributed by atoms with van der Waals surface area (Å²) in [6, 6.07) is 4.46. The summed E-state index contributed by atoms with van der Waals surface area (Å²) in [5.41, 5.74) is 1.23. The summed E-state index contributed by atoms with van der Waals surface area (Å²) in [6.45, 7) is 2.75. The van der Waals surface area contributed by atoms with E-state index in [0.29, 0.717) is 5.58 Å². The molecule has 2 aromatic rings. The minimum absolute atomic E-state index is 0.0163. The molecule has 1 saturated heterocycles. The lowest BCUT2D eigenvalue weighted by Gasteiger charge is -2.38. The number of methoxy groups -OCH3 is 1. The average Bonchev–Trinajstić information content (AvgIpc) is 2.97. The Morgan fingerprint density at radius 1 is 1.52 bits per heavy atom. The van der Waals surface area contributed by atoms with Crippen LogP contribution in [0.1, 0.15) is 37.9 Å². The van der Waals surface area contributed by atoms with Gasteiger partial charge in [-0.1, -0.05) is 11.6 Å². The van der Waals surface area contributed by atoms with Crippen LogP contribution in [0, 0.1) is 5.82 Å². The Bertz CT molecular complexity index is 703. The number of rotatable bonds is 3. The number of piperidine rings is 1. The molecular formula is C16H20FN3O3. The monoisotopic (exact) mass is 321 g/mol. The number of aromatic nitrogens is 1. The van der Waals surface area contributed by atoms with Gasteiger partial charge >= 0.3 is 6.09 Å². The van der Waals surface area contributed by atoms with Crippen LogP contribution in [0.5, 0.6) is 0 Å². The first-order valence-corrected chi connectivity index (χ1v) is 7.75.